The molecule has 1 aromatic heterocycles. The minimum Gasteiger partial charge on any atom is -0.493 e. The Kier molecular flexibility index (Phi) is 8.76. The number of hydrogen-bond acceptors (Lipinski definition) is 6. The van der Waals surface area contributed by atoms with E-state index in [9.17, 15) is 5.11 Å². The lowest BCUT2D eigenvalue weighted by molar-refractivity contribution is 0.0705. The molecular weight excluding hydrogens is 356 g/mol. The highest BCUT2D eigenvalue weighted by Crippen LogP contribution is 2.28. The fraction of sp³-hybridized carbons (Fsp3) is 0.571. The third kappa shape index (κ3) is 6.82. The van der Waals surface area contributed by atoms with E-state index >= 15 is 0 Å². The topological polar surface area (TPSA) is 73.9 Å². The average molecular weight is 391 g/mol. The molecule has 0 aliphatic carbocycles. The largest absolute Gasteiger partial charge is 0.493 e. The molecule has 28 heavy (non-hydrogen) atoms. The molecule has 0 aliphatic rings. The summed E-state index contributed by atoms with van der Waals surface area (Å²) >= 11 is 0. The molecule has 2 aromatic rings. The van der Waals surface area contributed by atoms with E-state index in [0.29, 0.717) is 18.0 Å². The van der Waals surface area contributed by atoms with Crippen LogP contribution in [0, 0.1) is 6.92 Å². The van der Waals surface area contributed by atoms with Crippen molar-refractivity contribution in [2.75, 3.05) is 40.4 Å². The van der Waals surface area contributed by atoms with Crippen molar-refractivity contribution in [1.82, 2.24) is 19.8 Å². The van der Waals surface area contributed by atoms with Gasteiger partial charge in [-0.1, -0.05) is 19.9 Å². The zero-order valence-electron chi connectivity index (χ0n) is 17.7. The fourth-order valence-electron chi connectivity index (χ4n) is 3.12. The molecule has 0 saturated heterocycles. The Labute approximate surface area is 168 Å². The first-order chi connectivity index (χ1) is 13.4. The Balaban J connectivity index is 1.91. The van der Waals surface area contributed by atoms with Gasteiger partial charge in [-0.15, -0.1) is 0 Å². The molecule has 0 unspecified atom stereocenters. The molecule has 0 spiro atoms. The lowest BCUT2D eigenvalue weighted by atomic mass is 10.2. The summed E-state index contributed by atoms with van der Waals surface area (Å²) < 4.78 is 11.3. The van der Waals surface area contributed by atoms with Gasteiger partial charge in [0, 0.05) is 25.0 Å². The Morgan fingerprint density at radius 2 is 1.93 bits per heavy atom. The number of methoxy groups -OCH3 is 1. The zero-order valence-corrected chi connectivity index (χ0v) is 17.7. The van der Waals surface area contributed by atoms with Gasteiger partial charge in [0.15, 0.2) is 11.5 Å². The minimum absolute atomic E-state index is 0.240. The van der Waals surface area contributed by atoms with Crippen LogP contribution in [0.4, 0.5) is 0 Å². The molecule has 0 bridgehead atoms. The van der Waals surface area contributed by atoms with Crippen LogP contribution in [-0.4, -0.2) is 71.4 Å². The molecule has 7 heteroatoms. The van der Waals surface area contributed by atoms with Gasteiger partial charge in [-0.2, -0.15) is 0 Å². The van der Waals surface area contributed by atoms with Gasteiger partial charge in [0.1, 0.15) is 18.5 Å². The smallest absolute Gasteiger partial charge is 0.161 e. The van der Waals surface area contributed by atoms with Crippen LogP contribution >= 0.6 is 0 Å². The monoisotopic (exact) mass is 390 g/mol. The average Bonchev–Trinajstić information content (AvgIpc) is 3.09. The summed E-state index contributed by atoms with van der Waals surface area (Å²) in [6.45, 7) is 10.3. The van der Waals surface area contributed by atoms with Gasteiger partial charge in [-0.05, 0) is 44.8 Å². The number of hydrogen-bond donors (Lipinski definition) is 2. The van der Waals surface area contributed by atoms with E-state index in [4.69, 9.17) is 9.47 Å². The highest BCUT2D eigenvalue weighted by molar-refractivity contribution is 5.43. The van der Waals surface area contributed by atoms with Gasteiger partial charge in [-0.3, -0.25) is 4.90 Å². The molecule has 2 N–H and O–H groups in total. The highest BCUT2D eigenvalue weighted by atomic mass is 16.5. The number of benzene rings is 1. The van der Waals surface area contributed by atoms with Crippen molar-refractivity contribution in [1.29, 1.82) is 0 Å². The molecule has 0 saturated carbocycles. The molecule has 0 aliphatic heterocycles. The molecule has 0 amide bonds. The fourth-order valence-corrected chi connectivity index (χ4v) is 3.12. The van der Waals surface area contributed by atoms with E-state index in [1.54, 1.807) is 7.11 Å². The maximum absolute atomic E-state index is 10.2. The summed E-state index contributed by atoms with van der Waals surface area (Å²) in [5.41, 5.74) is 2.19. The Morgan fingerprint density at radius 1 is 1.18 bits per heavy atom. The molecule has 1 aromatic carbocycles. The van der Waals surface area contributed by atoms with Crippen LogP contribution in [0.3, 0.4) is 0 Å². The van der Waals surface area contributed by atoms with Crippen LogP contribution in [0.5, 0.6) is 11.5 Å². The maximum atomic E-state index is 10.2. The number of rotatable bonds is 12. The molecular formula is C21H34N4O3. The molecule has 2 rings (SSSR count). The van der Waals surface area contributed by atoms with Crippen LogP contribution in [0.25, 0.3) is 0 Å². The second-order valence-electron chi connectivity index (χ2n) is 7.12. The van der Waals surface area contributed by atoms with Crippen LogP contribution in [0.1, 0.15) is 30.9 Å². The van der Waals surface area contributed by atoms with Crippen molar-refractivity contribution in [2.45, 2.75) is 40.0 Å². The summed E-state index contributed by atoms with van der Waals surface area (Å²) in [7, 11) is 3.69. The lowest BCUT2D eigenvalue weighted by Crippen LogP contribution is -2.35. The number of imidazole rings is 1. The van der Waals surface area contributed by atoms with Gasteiger partial charge in [-0.25, -0.2) is 4.98 Å². The molecule has 156 valence electrons. The lowest BCUT2D eigenvalue weighted by Gasteiger charge is -2.22. The number of aliphatic hydroxyl groups excluding tert-OH is 1. The van der Waals surface area contributed by atoms with E-state index in [0.717, 1.165) is 43.3 Å². The summed E-state index contributed by atoms with van der Waals surface area (Å²) in [5.74, 6) is 2.28. The van der Waals surface area contributed by atoms with Crippen molar-refractivity contribution < 1.29 is 14.6 Å². The van der Waals surface area contributed by atoms with Crippen molar-refractivity contribution in [3.05, 3.63) is 41.5 Å². The first kappa shape index (κ1) is 22.2. The Hall–Kier alpha value is -2.09. The number of ether oxygens (including phenoxy) is 2. The summed E-state index contributed by atoms with van der Waals surface area (Å²) in [5, 5.41) is 10.2. The molecule has 7 nitrogen and oxygen atoms in total. The van der Waals surface area contributed by atoms with E-state index in [-0.39, 0.29) is 6.61 Å². The molecule has 1 atom stereocenters. The van der Waals surface area contributed by atoms with Crippen molar-refractivity contribution in [2.24, 2.45) is 0 Å². The number of aromatic amines is 1. The van der Waals surface area contributed by atoms with Crippen LogP contribution in [0.15, 0.2) is 24.4 Å². The van der Waals surface area contributed by atoms with Crippen molar-refractivity contribution >= 4 is 0 Å². The van der Waals surface area contributed by atoms with E-state index in [1.165, 1.54) is 0 Å². The molecule has 0 fully saturated rings. The summed E-state index contributed by atoms with van der Waals surface area (Å²) in [6.07, 6.45) is 1.31. The predicted molar refractivity (Wildman–Crippen MR) is 111 cm³/mol. The van der Waals surface area contributed by atoms with Crippen LogP contribution < -0.4 is 9.47 Å². The second kappa shape index (κ2) is 11.0. The molecule has 0 radical (unpaired) electrons. The van der Waals surface area contributed by atoms with Crippen molar-refractivity contribution in [3.63, 3.8) is 0 Å². The van der Waals surface area contributed by atoms with E-state index in [1.807, 2.05) is 31.3 Å². The second-order valence-corrected chi connectivity index (χ2v) is 7.12. The normalized spacial score (nSPS) is 12.6. The van der Waals surface area contributed by atoms with Gasteiger partial charge >= 0.3 is 0 Å². The number of likely N-dealkylation sites (N-methyl/N-ethyl adjacent to an activating group) is 1. The first-order valence-electron chi connectivity index (χ1n) is 9.84. The number of nitrogens with zero attached hydrogens (tertiary/aromatic N) is 3. The number of H-pyrrole nitrogens is 1. The van der Waals surface area contributed by atoms with E-state index < -0.39 is 6.10 Å². The predicted octanol–water partition coefficient (Wildman–Crippen LogP) is 2.44. The van der Waals surface area contributed by atoms with Gasteiger partial charge in [0.2, 0.25) is 0 Å². The third-order valence-corrected chi connectivity index (χ3v) is 4.65. The SMILES string of the molecule is CCN(CC)C[C@H](O)COc1ccc(CN(C)Cc2ncc(C)[nH]2)cc1OC. The van der Waals surface area contributed by atoms with E-state index in [2.05, 4.69) is 40.7 Å². The summed E-state index contributed by atoms with van der Waals surface area (Å²) in [6, 6.07) is 5.91. The minimum atomic E-state index is -0.535. The Bertz CT molecular complexity index is 715. The van der Waals surface area contributed by atoms with Gasteiger partial charge < -0.3 is 24.5 Å². The number of nitrogens with one attached hydrogen (secondary N) is 1. The molecule has 1 heterocycles. The first-order valence-corrected chi connectivity index (χ1v) is 9.84. The Morgan fingerprint density at radius 3 is 2.54 bits per heavy atom. The van der Waals surface area contributed by atoms with Gasteiger partial charge in [0.05, 0.1) is 13.7 Å². The van der Waals surface area contributed by atoms with Gasteiger partial charge in [0.25, 0.3) is 0 Å². The third-order valence-electron chi connectivity index (χ3n) is 4.65. The number of aliphatic hydroxyl groups is 1. The zero-order chi connectivity index (χ0) is 20.5. The standard InChI is InChI=1S/C21H34N4O3/c1-6-25(7-2)13-18(26)15-28-19-9-8-17(10-20(19)27-5)12-24(4)14-21-22-11-16(3)23-21/h8-11,18,26H,6-7,12-15H2,1-5H3,(H,22,23)/t18-/m0/s1. The summed E-state index contributed by atoms with van der Waals surface area (Å²) in [4.78, 5) is 12.0. The number of aryl methyl sites for hydroxylation is 1. The van der Waals surface area contributed by atoms with Crippen LogP contribution in [-0.2, 0) is 13.1 Å². The van der Waals surface area contributed by atoms with Crippen molar-refractivity contribution in [3.8, 4) is 11.5 Å². The van der Waals surface area contributed by atoms with Crippen LogP contribution in [0.2, 0.25) is 0 Å². The number of aromatic nitrogens is 2. The highest BCUT2D eigenvalue weighted by Gasteiger charge is 2.13. The maximum Gasteiger partial charge on any atom is 0.161 e. The quantitative estimate of drug-likeness (QED) is 0.580.